The normalized spacial score (nSPS) is 34.5. The maximum Gasteiger partial charge on any atom is 0.313 e. The molecule has 2 unspecified atom stereocenters. The van der Waals surface area contributed by atoms with Gasteiger partial charge in [-0.15, -0.1) is 12.3 Å². The number of hydrogen-bond donors (Lipinski definition) is 1. The van der Waals surface area contributed by atoms with Gasteiger partial charge in [-0.1, -0.05) is 0 Å². The summed E-state index contributed by atoms with van der Waals surface area (Å²) >= 11 is 0. The van der Waals surface area contributed by atoms with Gasteiger partial charge in [-0.25, -0.2) is 0 Å². The van der Waals surface area contributed by atoms with E-state index in [-0.39, 0.29) is 12.5 Å². The Morgan fingerprint density at radius 1 is 1.92 bits per heavy atom. The van der Waals surface area contributed by atoms with Gasteiger partial charge in [0.1, 0.15) is 5.41 Å². The molecule has 0 saturated carbocycles. The second-order valence-electron chi connectivity index (χ2n) is 3.11. The van der Waals surface area contributed by atoms with E-state index in [1.165, 1.54) is 0 Å². The minimum absolute atomic E-state index is 0.253. The molecule has 0 spiro atoms. The molecule has 1 N–H and O–H groups in total. The molecular weight excluding hydrogens is 156 g/mol. The molecule has 0 aliphatic carbocycles. The predicted octanol–water partition coefficient (Wildman–Crippen LogP) is 0.889. The molecule has 3 heteroatoms. The average Bonchev–Trinajstić information content (AvgIpc) is 2.34. The minimum atomic E-state index is -0.842. The highest BCUT2D eigenvalue weighted by molar-refractivity contribution is 5.76. The molecule has 1 fully saturated rings. The number of hydrogen-bond acceptors (Lipinski definition) is 2. The number of carboxylic acid groups (broad SMARTS) is 1. The lowest BCUT2D eigenvalue weighted by molar-refractivity contribution is -0.151. The molecular formula is C9H12O3. The molecule has 1 saturated heterocycles. The summed E-state index contributed by atoms with van der Waals surface area (Å²) in [5.41, 5.74) is -0.839. The smallest absolute Gasteiger partial charge is 0.313 e. The van der Waals surface area contributed by atoms with Gasteiger partial charge in [0.15, 0.2) is 0 Å². The van der Waals surface area contributed by atoms with Crippen molar-refractivity contribution in [1.82, 2.24) is 0 Å². The summed E-state index contributed by atoms with van der Waals surface area (Å²) in [6.45, 7) is 2.26. The molecule has 1 heterocycles. The largest absolute Gasteiger partial charge is 0.481 e. The molecule has 0 aromatic carbocycles. The number of aliphatic carboxylic acids is 1. The zero-order valence-corrected chi connectivity index (χ0v) is 7.04. The zero-order chi connectivity index (χ0) is 9.19. The highest BCUT2D eigenvalue weighted by atomic mass is 16.5. The fourth-order valence-electron chi connectivity index (χ4n) is 1.55. The first-order chi connectivity index (χ1) is 5.63. The molecule has 0 bridgehead atoms. The third-order valence-corrected chi connectivity index (χ3v) is 2.54. The van der Waals surface area contributed by atoms with E-state index in [0.29, 0.717) is 13.0 Å². The van der Waals surface area contributed by atoms with Crippen LogP contribution in [0.15, 0.2) is 0 Å². The molecule has 1 rings (SSSR count). The third-order valence-electron chi connectivity index (χ3n) is 2.54. The Balaban J connectivity index is 2.87. The van der Waals surface area contributed by atoms with Crippen LogP contribution in [0.1, 0.15) is 19.8 Å². The molecule has 0 radical (unpaired) electrons. The number of rotatable bonds is 2. The van der Waals surface area contributed by atoms with Crippen molar-refractivity contribution in [2.24, 2.45) is 5.41 Å². The summed E-state index contributed by atoms with van der Waals surface area (Å²) in [7, 11) is 0. The van der Waals surface area contributed by atoms with Crippen LogP contribution in [0, 0.1) is 17.8 Å². The Labute approximate surface area is 71.7 Å². The molecule has 0 aromatic rings. The first kappa shape index (κ1) is 9.08. The van der Waals surface area contributed by atoms with E-state index in [2.05, 4.69) is 5.92 Å². The Morgan fingerprint density at radius 2 is 2.58 bits per heavy atom. The van der Waals surface area contributed by atoms with Crippen LogP contribution in [-0.2, 0) is 9.53 Å². The number of terminal acetylenes is 1. The van der Waals surface area contributed by atoms with Crippen molar-refractivity contribution in [2.75, 3.05) is 6.61 Å². The van der Waals surface area contributed by atoms with Crippen molar-refractivity contribution < 1.29 is 14.6 Å². The van der Waals surface area contributed by atoms with Crippen LogP contribution >= 0.6 is 0 Å². The molecule has 0 aromatic heterocycles. The predicted molar refractivity (Wildman–Crippen MR) is 43.5 cm³/mol. The second-order valence-corrected chi connectivity index (χ2v) is 3.11. The monoisotopic (exact) mass is 168 g/mol. The van der Waals surface area contributed by atoms with Crippen LogP contribution in [0.25, 0.3) is 0 Å². The van der Waals surface area contributed by atoms with Gasteiger partial charge < -0.3 is 9.84 Å². The van der Waals surface area contributed by atoms with E-state index in [0.717, 1.165) is 0 Å². The number of carbonyl (C=O) groups is 1. The molecule has 66 valence electrons. The lowest BCUT2D eigenvalue weighted by atomic mass is 9.79. The zero-order valence-electron chi connectivity index (χ0n) is 7.04. The molecule has 1 aliphatic rings. The van der Waals surface area contributed by atoms with Crippen molar-refractivity contribution in [3.05, 3.63) is 0 Å². The Morgan fingerprint density at radius 3 is 2.92 bits per heavy atom. The molecule has 1 aliphatic heterocycles. The van der Waals surface area contributed by atoms with Crippen LogP contribution in [0.2, 0.25) is 0 Å². The van der Waals surface area contributed by atoms with Crippen molar-refractivity contribution >= 4 is 5.97 Å². The van der Waals surface area contributed by atoms with Crippen molar-refractivity contribution in [3.63, 3.8) is 0 Å². The van der Waals surface area contributed by atoms with Gasteiger partial charge in [-0.2, -0.15) is 0 Å². The van der Waals surface area contributed by atoms with Crippen molar-refractivity contribution in [3.8, 4) is 12.3 Å². The van der Waals surface area contributed by atoms with Gasteiger partial charge in [0, 0.05) is 13.0 Å². The first-order valence-corrected chi connectivity index (χ1v) is 3.92. The second kappa shape index (κ2) is 3.16. The Hall–Kier alpha value is -1.01. The van der Waals surface area contributed by atoms with E-state index < -0.39 is 11.4 Å². The number of carboxylic acids is 1. The van der Waals surface area contributed by atoms with Crippen LogP contribution in [0.4, 0.5) is 0 Å². The van der Waals surface area contributed by atoms with E-state index in [4.69, 9.17) is 16.3 Å². The lowest BCUT2D eigenvalue weighted by Crippen LogP contribution is -2.36. The maximum atomic E-state index is 10.9. The first-order valence-electron chi connectivity index (χ1n) is 3.92. The maximum absolute atomic E-state index is 10.9. The van der Waals surface area contributed by atoms with Crippen molar-refractivity contribution in [1.29, 1.82) is 0 Å². The topological polar surface area (TPSA) is 46.5 Å². The summed E-state index contributed by atoms with van der Waals surface area (Å²) in [5.74, 6) is 1.56. The Kier molecular flexibility index (Phi) is 2.39. The fourth-order valence-corrected chi connectivity index (χ4v) is 1.55. The summed E-state index contributed by atoms with van der Waals surface area (Å²) in [4.78, 5) is 10.9. The molecule has 12 heavy (non-hydrogen) atoms. The highest BCUT2D eigenvalue weighted by Crippen LogP contribution is 2.38. The van der Waals surface area contributed by atoms with Crippen LogP contribution in [0.3, 0.4) is 0 Å². The van der Waals surface area contributed by atoms with Gasteiger partial charge in [0.05, 0.1) is 6.10 Å². The van der Waals surface area contributed by atoms with Gasteiger partial charge in [0.2, 0.25) is 0 Å². The van der Waals surface area contributed by atoms with Crippen LogP contribution in [-0.4, -0.2) is 23.8 Å². The van der Waals surface area contributed by atoms with Gasteiger partial charge >= 0.3 is 5.97 Å². The van der Waals surface area contributed by atoms with Crippen molar-refractivity contribution in [2.45, 2.75) is 25.9 Å². The summed E-state index contributed by atoms with van der Waals surface area (Å²) in [6, 6.07) is 0. The number of ether oxygens (including phenoxy) is 1. The lowest BCUT2D eigenvalue weighted by Gasteiger charge is -2.24. The fraction of sp³-hybridized carbons (Fsp3) is 0.667. The van der Waals surface area contributed by atoms with Gasteiger partial charge in [0.25, 0.3) is 0 Å². The molecule has 3 nitrogen and oxygen atoms in total. The third kappa shape index (κ3) is 1.19. The van der Waals surface area contributed by atoms with Gasteiger partial charge in [-0.05, 0) is 13.3 Å². The van der Waals surface area contributed by atoms with Crippen LogP contribution < -0.4 is 0 Å². The SMILES string of the molecule is C#CCC1(C(=O)O)CCOC1C. The van der Waals surface area contributed by atoms with Gasteiger partial charge in [-0.3, -0.25) is 4.79 Å². The summed E-state index contributed by atoms with van der Waals surface area (Å²) in [5, 5.41) is 8.99. The van der Waals surface area contributed by atoms with E-state index in [9.17, 15) is 4.79 Å². The minimum Gasteiger partial charge on any atom is -0.481 e. The average molecular weight is 168 g/mol. The summed E-state index contributed by atoms with van der Waals surface area (Å²) < 4.78 is 5.21. The summed E-state index contributed by atoms with van der Waals surface area (Å²) in [6.07, 6.45) is 5.63. The van der Waals surface area contributed by atoms with E-state index in [1.807, 2.05) is 0 Å². The van der Waals surface area contributed by atoms with E-state index in [1.54, 1.807) is 6.92 Å². The van der Waals surface area contributed by atoms with E-state index >= 15 is 0 Å². The van der Waals surface area contributed by atoms with Crippen LogP contribution in [0.5, 0.6) is 0 Å². The molecule has 0 amide bonds. The highest BCUT2D eigenvalue weighted by Gasteiger charge is 2.47. The Bertz CT molecular complexity index is 228. The molecule has 2 atom stereocenters. The standard InChI is InChI=1S/C9H12O3/c1-3-4-9(8(10)11)5-6-12-7(9)2/h1,7H,4-6H2,2H3,(H,10,11). The quantitative estimate of drug-likeness (QED) is 0.623.